The normalized spacial score (nSPS) is 11.7. The smallest absolute Gasteiger partial charge is 0.321 e. The quantitative estimate of drug-likeness (QED) is 0.667. The molecule has 0 heterocycles. The van der Waals surface area contributed by atoms with Gasteiger partial charge in [-0.3, -0.25) is 10.1 Å². The summed E-state index contributed by atoms with van der Waals surface area (Å²) in [6.07, 6.45) is 3.25. The second-order valence-electron chi connectivity index (χ2n) is 4.57. The van der Waals surface area contributed by atoms with Crippen molar-refractivity contribution < 1.29 is 9.59 Å². The van der Waals surface area contributed by atoms with Gasteiger partial charge < -0.3 is 10.6 Å². The van der Waals surface area contributed by atoms with Crippen LogP contribution in [0.2, 0.25) is 0 Å². The van der Waals surface area contributed by atoms with E-state index in [4.69, 9.17) is 0 Å². The molecule has 5 nitrogen and oxygen atoms in total. The van der Waals surface area contributed by atoms with Gasteiger partial charge in [0.1, 0.15) is 6.04 Å². The molecule has 0 aliphatic carbocycles. The zero-order valence-corrected chi connectivity index (χ0v) is 12.1. The van der Waals surface area contributed by atoms with E-state index in [-0.39, 0.29) is 5.91 Å². The highest BCUT2D eigenvalue weighted by atomic mass is 16.2. The Hall–Kier alpha value is -1.88. The molecule has 1 aromatic rings. The Morgan fingerprint density at radius 1 is 1.15 bits per heavy atom. The van der Waals surface area contributed by atoms with E-state index < -0.39 is 12.1 Å². The fraction of sp³-hybridized carbons (Fsp3) is 0.467. The maximum Gasteiger partial charge on any atom is 0.321 e. The van der Waals surface area contributed by atoms with Gasteiger partial charge in [-0.05, 0) is 18.5 Å². The Labute approximate surface area is 120 Å². The van der Waals surface area contributed by atoms with Crippen molar-refractivity contribution in [2.24, 2.45) is 0 Å². The molecule has 1 atom stereocenters. The molecule has 0 radical (unpaired) electrons. The van der Waals surface area contributed by atoms with E-state index in [0.717, 1.165) is 31.4 Å². The number of carbonyl (C=O) groups is 2. The van der Waals surface area contributed by atoms with Crippen LogP contribution in [0.25, 0.3) is 0 Å². The van der Waals surface area contributed by atoms with Crippen LogP contribution in [0.3, 0.4) is 0 Å². The van der Waals surface area contributed by atoms with Crippen molar-refractivity contribution in [1.29, 1.82) is 0 Å². The van der Waals surface area contributed by atoms with E-state index in [1.165, 1.54) is 7.05 Å². The molecule has 0 aliphatic heterocycles. The lowest BCUT2D eigenvalue weighted by molar-refractivity contribution is -0.122. The standard InChI is InChI=1S/C15H23N3O2/c1-3-4-8-11-17-13(12-9-6-5-7-10-12)14(19)18-15(20)16-2/h5-7,9-10,13,17H,3-4,8,11H2,1-2H3,(H2,16,18,19,20)/t13-/m1/s1. The van der Waals surface area contributed by atoms with Crippen molar-refractivity contribution in [1.82, 2.24) is 16.0 Å². The van der Waals surface area contributed by atoms with Gasteiger partial charge in [0.15, 0.2) is 0 Å². The second-order valence-corrected chi connectivity index (χ2v) is 4.57. The minimum Gasteiger partial charge on any atom is -0.341 e. The van der Waals surface area contributed by atoms with Crippen LogP contribution in [0.5, 0.6) is 0 Å². The molecule has 0 bridgehead atoms. The molecule has 0 spiro atoms. The number of urea groups is 1. The molecule has 0 unspecified atom stereocenters. The van der Waals surface area contributed by atoms with Crippen molar-refractivity contribution in [2.45, 2.75) is 32.2 Å². The number of amides is 3. The lowest BCUT2D eigenvalue weighted by Gasteiger charge is -2.18. The third kappa shape index (κ3) is 5.40. The van der Waals surface area contributed by atoms with Crippen molar-refractivity contribution in [3.63, 3.8) is 0 Å². The van der Waals surface area contributed by atoms with Crippen molar-refractivity contribution >= 4 is 11.9 Å². The minimum absolute atomic E-state index is 0.341. The summed E-state index contributed by atoms with van der Waals surface area (Å²) in [6, 6.07) is 8.40. The zero-order valence-electron chi connectivity index (χ0n) is 12.1. The fourth-order valence-corrected chi connectivity index (χ4v) is 1.88. The maximum absolute atomic E-state index is 12.1. The molecule has 0 fully saturated rings. The summed E-state index contributed by atoms with van der Waals surface area (Å²) < 4.78 is 0. The number of hydrogen-bond donors (Lipinski definition) is 3. The average Bonchev–Trinajstić information content (AvgIpc) is 2.48. The number of carbonyl (C=O) groups excluding carboxylic acids is 2. The highest BCUT2D eigenvalue weighted by molar-refractivity contribution is 5.97. The molecular weight excluding hydrogens is 254 g/mol. The summed E-state index contributed by atoms with van der Waals surface area (Å²) in [5.41, 5.74) is 0.852. The summed E-state index contributed by atoms with van der Waals surface area (Å²) in [6.45, 7) is 2.88. The second kappa shape index (κ2) is 9.09. The van der Waals surface area contributed by atoms with Gasteiger partial charge in [0.05, 0.1) is 0 Å². The third-order valence-electron chi connectivity index (χ3n) is 2.99. The molecular formula is C15H23N3O2. The van der Waals surface area contributed by atoms with E-state index in [1.807, 2.05) is 30.3 Å². The SMILES string of the molecule is CCCCCN[C@@H](C(=O)NC(=O)NC)c1ccccc1. The fourth-order valence-electron chi connectivity index (χ4n) is 1.88. The van der Waals surface area contributed by atoms with E-state index in [0.29, 0.717) is 0 Å². The van der Waals surface area contributed by atoms with Gasteiger partial charge in [-0.15, -0.1) is 0 Å². The third-order valence-corrected chi connectivity index (χ3v) is 2.99. The summed E-state index contributed by atoms with van der Waals surface area (Å²) in [7, 11) is 1.48. The number of benzene rings is 1. The molecule has 3 N–H and O–H groups in total. The molecule has 20 heavy (non-hydrogen) atoms. The minimum atomic E-state index is -0.509. The van der Waals surface area contributed by atoms with Gasteiger partial charge in [0.2, 0.25) is 5.91 Å². The lowest BCUT2D eigenvalue weighted by Crippen LogP contribution is -2.44. The largest absolute Gasteiger partial charge is 0.341 e. The first-order chi connectivity index (χ1) is 9.69. The molecule has 0 saturated heterocycles. The number of unbranched alkanes of at least 4 members (excludes halogenated alkanes) is 2. The van der Waals surface area contributed by atoms with Crippen LogP contribution in [-0.2, 0) is 4.79 Å². The Bertz CT molecular complexity index is 420. The number of imide groups is 1. The molecule has 0 aromatic heterocycles. The summed E-state index contributed by atoms with van der Waals surface area (Å²) >= 11 is 0. The molecule has 110 valence electrons. The number of nitrogens with one attached hydrogen (secondary N) is 3. The van der Waals surface area contributed by atoms with Crippen LogP contribution in [0.15, 0.2) is 30.3 Å². The van der Waals surface area contributed by atoms with E-state index in [9.17, 15) is 9.59 Å². The predicted molar refractivity (Wildman–Crippen MR) is 79.3 cm³/mol. The topological polar surface area (TPSA) is 70.2 Å². The van der Waals surface area contributed by atoms with Crippen molar-refractivity contribution in [2.75, 3.05) is 13.6 Å². The van der Waals surface area contributed by atoms with Gasteiger partial charge in [0, 0.05) is 7.05 Å². The highest BCUT2D eigenvalue weighted by Crippen LogP contribution is 2.13. The summed E-state index contributed by atoms with van der Waals surface area (Å²) in [4.78, 5) is 23.4. The number of hydrogen-bond acceptors (Lipinski definition) is 3. The lowest BCUT2D eigenvalue weighted by atomic mass is 10.1. The van der Waals surface area contributed by atoms with Crippen LogP contribution in [0.4, 0.5) is 4.79 Å². The van der Waals surface area contributed by atoms with Gasteiger partial charge in [-0.2, -0.15) is 0 Å². The molecule has 1 aromatic carbocycles. The van der Waals surface area contributed by atoms with Crippen molar-refractivity contribution in [3.8, 4) is 0 Å². The highest BCUT2D eigenvalue weighted by Gasteiger charge is 2.21. The van der Waals surface area contributed by atoms with Crippen LogP contribution in [0.1, 0.15) is 37.8 Å². The van der Waals surface area contributed by atoms with Crippen LogP contribution < -0.4 is 16.0 Å². The van der Waals surface area contributed by atoms with Crippen LogP contribution in [0, 0.1) is 0 Å². The van der Waals surface area contributed by atoms with E-state index in [2.05, 4.69) is 22.9 Å². The molecule has 0 saturated carbocycles. The number of rotatable bonds is 7. The summed E-state index contributed by atoms with van der Waals surface area (Å²) in [5.74, 6) is -0.341. The maximum atomic E-state index is 12.1. The Kier molecular flexibility index (Phi) is 7.35. The molecule has 3 amide bonds. The first-order valence-corrected chi connectivity index (χ1v) is 7.00. The van der Waals surface area contributed by atoms with E-state index in [1.54, 1.807) is 0 Å². The van der Waals surface area contributed by atoms with Gasteiger partial charge >= 0.3 is 6.03 Å². The van der Waals surface area contributed by atoms with Crippen LogP contribution >= 0.6 is 0 Å². The van der Waals surface area contributed by atoms with Crippen molar-refractivity contribution in [3.05, 3.63) is 35.9 Å². The average molecular weight is 277 g/mol. The first kappa shape index (κ1) is 16.2. The Morgan fingerprint density at radius 2 is 1.85 bits per heavy atom. The van der Waals surface area contributed by atoms with Gasteiger partial charge in [-0.1, -0.05) is 50.1 Å². The van der Waals surface area contributed by atoms with E-state index >= 15 is 0 Å². The van der Waals surface area contributed by atoms with Gasteiger partial charge in [-0.25, -0.2) is 4.79 Å². The summed E-state index contributed by atoms with van der Waals surface area (Å²) in [5, 5.41) is 7.91. The Balaban J connectivity index is 2.68. The zero-order chi connectivity index (χ0) is 14.8. The predicted octanol–water partition coefficient (Wildman–Crippen LogP) is 1.96. The first-order valence-electron chi connectivity index (χ1n) is 7.00. The van der Waals surface area contributed by atoms with Crippen LogP contribution in [-0.4, -0.2) is 25.5 Å². The van der Waals surface area contributed by atoms with Gasteiger partial charge in [0.25, 0.3) is 0 Å². The molecule has 0 aliphatic rings. The Morgan fingerprint density at radius 3 is 2.45 bits per heavy atom. The molecule has 5 heteroatoms. The molecule has 1 rings (SSSR count). The monoisotopic (exact) mass is 277 g/mol.